The average Bonchev–Trinajstić information content (AvgIpc) is 2.84. The van der Waals surface area contributed by atoms with E-state index in [4.69, 9.17) is 5.26 Å². The van der Waals surface area contributed by atoms with Gasteiger partial charge in [0.2, 0.25) is 0 Å². The Labute approximate surface area is 107 Å². The summed E-state index contributed by atoms with van der Waals surface area (Å²) >= 11 is 0. The summed E-state index contributed by atoms with van der Waals surface area (Å²) < 4.78 is 0. The molecule has 3 rings (SSSR count). The molecule has 0 spiro atoms. The Morgan fingerprint density at radius 3 is 2.83 bits per heavy atom. The minimum Gasteiger partial charge on any atom is -0.361 e. The quantitative estimate of drug-likeness (QED) is 0.819. The van der Waals surface area contributed by atoms with Crippen LogP contribution in [0.1, 0.15) is 24.3 Å². The van der Waals surface area contributed by atoms with Crippen LogP contribution in [0.25, 0.3) is 10.9 Å². The zero-order valence-corrected chi connectivity index (χ0v) is 10.4. The van der Waals surface area contributed by atoms with E-state index in [9.17, 15) is 0 Å². The van der Waals surface area contributed by atoms with Crippen molar-refractivity contribution >= 4 is 10.9 Å². The molecule has 1 aliphatic rings. The number of para-hydroxylation sites is 1. The molecule has 1 aromatic carbocycles. The second kappa shape index (κ2) is 4.83. The summed E-state index contributed by atoms with van der Waals surface area (Å²) in [6.45, 7) is 2.65. The second-order valence-electron chi connectivity index (χ2n) is 5.00. The maximum absolute atomic E-state index is 8.71. The molecule has 0 amide bonds. The van der Waals surface area contributed by atoms with Crippen LogP contribution in [0, 0.1) is 11.3 Å². The molecule has 18 heavy (non-hydrogen) atoms. The molecule has 3 nitrogen and oxygen atoms in total. The number of benzene rings is 1. The van der Waals surface area contributed by atoms with Crippen LogP contribution >= 0.6 is 0 Å². The highest BCUT2D eigenvalue weighted by Crippen LogP contribution is 2.32. The molecule has 2 aromatic rings. The second-order valence-corrected chi connectivity index (χ2v) is 5.00. The highest BCUT2D eigenvalue weighted by atomic mass is 15.1. The van der Waals surface area contributed by atoms with Crippen LogP contribution in [0.2, 0.25) is 0 Å². The van der Waals surface area contributed by atoms with Gasteiger partial charge in [-0.3, -0.25) is 4.90 Å². The summed E-state index contributed by atoms with van der Waals surface area (Å²) in [6, 6.07) is 10.7. The van der Waals surface area contributed by atoms with Gasteiger partial charge in [-0.2, -0.15) is 5.26 Å². The fourth-order valence-corrected chi connectivity index (χ4v) is 2.93. The summed E-state index contributed by atoms with van der Waals surface area (Å²) in [4.78, 5) is 5.60. The number of aromatic nitrogens is 1. The molecule has 1 aromatic heterocycles. The van der Waals surface area contributed by atoms with E-state index < -0.39 is 0 Å². The Morgan fingerprint density at radius 1 is 1.28 bits per heavy atom. The van der Waals surface area contributed by atoms with Crippen molar-refractivity contribution in [3.63, 3.8) is 0 Å². The van der Waals surface area contributed by atoms with Crippen LogP contribution in [-0.4, -0.2) is 29.5 Å². The molecule has 0 bridgehead atoms. The Kier molecular flexibility index (Phi) is 3.04. The highest BCUT2D eigenvalue weighted by molar-refractivity contribution is 5.83. The van der Waals surface area contributed by atoms with E-state index in [2.05, 4.69) is 46.4 Å². The van der Waals surface area contributed by atoms with E-state index in [1.165, 1.54) is 16.5 Å². The fraction of sp³-hybridized carbons (Fsp3) is 0.400. The van der Waals surface area contributed by atoms with Crippen molar-refractivity contribution in [1.29, 1.82) is 5.26 Å². The number of rotatable bonds is 2. The summed E-state index contributed by atoms with van der Waals surface area (Å²) in [6.07, 6.45) is 4.47. The van der Waals surface area contributed by atoms with Gasteiger partial charge in [0.1, 0.15) is 0 Å². The molecule has 1 saturated heterocycles. The number of nitriles is 1. The van der Waals surface area contributed by atoms with Crippen molar-refractivity contribution in [1.82, 2.24) is 9.88 Å². The summed E-state index contributed by atoms with van der Waals surface area (Å²) in [5.41, 5.74) is 2.68. The van der Waals surface area contributed by atoms with Crippen LogP contribution in [-0.2, 0) is 0 Å². The van der Waals surface area contributed by atoms with Gasteiger partial charge in [0.25, 0.3) is 0 Å². The standard InChI is InChI=1S/C15H17N3/c16-7-10-18-8-5-12(6-9-18)14-11-17-15-4-2-1-3-13(14)15/h1-4,11-12,17H,5-6,8-10H2. The SMILES string of the molecule is N#CCN1CCC(c2c[nH]c3ccccc23)CC1. The van der Waals surface area contributed by atoms with Crippen molar-refractivity contribution in [2.45, 2.75) is 18.8 Å². The third-order valence-corrected chi connectivity index (χ3v) is 3.94. The topological polar surface area (TPSA) is 42.8 Å². The number of nitrogens with zero attached hydrogens (tertiary/aromatic N) is 2. The van der Waals surface area contributed by atoms with Gasteiger partial charge in [0.05, 0.1) is 12.6 Å². The minimum atomic E-state index is 0.570. The van der Waals surface area contributed by atoms with Gasteiger partial charge in [-0.15, -0.1) is 0 Å². The van der Waals surface area contributed by atoms with Gasteiger partial charge in [-0.1, -0.05) is 18.2 Å². The van der Waals surface area contributed by atoms with Crippen LogP contribution in [0.15, 0.2) is 30.5 Å². The smallest absolute Gasteiger partial charge is 0.0865 e. The Morgan fingerprint density at radius 2 is 2.06 bits per heavy atom. The first-order chi connectivity index (χ1) is 8.88. The lowest BCUT2D eigenvalue weighted by Crippen LogP contribution is -2.33. The molecule has 0 unspecified atom stereocenters. The number of H-pyrrole nitrogens is 1. The van der Waals surface area contributed by atoms with Crippen molar-refractivity contribution in [3.8, 4) is 6.07 Å². The van der Waals surface area contributed by atoms with E-state index in [0.717, 1.165) is 25.9 Å². The predicted molar refractivity (Wildman–Crippen MR) is 72.3 cm³/mol. The molecule has 1 aliphatic heterocycles. The molecular weight excluding hydrogens is 222 g/mol. The predicted octanol–water partition coefficient (Wildman–Crippen LogP) is 2.87. The first kappa shape index (κ1) is 11.3. The number of nitrogens with one attached hydrogen (secondary N) is 1. The largest absolute Gasteiger partial charge is 0.361 e. The number of hydrogen-bond acceptors (Lipinski definition) is 2. The van der Waals surface area contributed by atoms with Crippen LogP contribution in [0.5, 0.6) is 0 Å². The highest BCUT2D eigenvalue weighted by Gasteiger charge is 2.22. The van der Waals surface area contributed by atoms with Crippen molar-refractivity contribution in [2.75, 3.05) is 19.6 Å². The first-order valence-electron chi connectivity index (χ1n) is 6.54. The monoisotopic (exact) mass is 239 g/mol. The number of fused-ring (bicyclic) bond motifs is 1. The maximum atomic E-state index is 8.71. The normalized spacial score (nSPS) is 17.9. The first-order valence-corrected chi connectivity index (χ1v) is 6.54. The lowest BCUT2D eigenvalue weighted by Gasteiger charge is -2.30. The lowest BCUT2D eigenvalue weighted by molar-refractivity contribution is 0.235. The van der Waals surface area contributed by atoms with Gasteiger partial charge in [-0.25, -0.2) is 0 Å². The van der Waals surface area contributed by atoms with Crippen LogP contribution < -0.4 is 0 Å². The van der Waals surface area contributed by atoms with E-state index >= 15 is 0 Å². The third-order valence-electron chi connectivity index (χ3n) is 3.94. The van der Waals surface area contributed by atoms with Crippen molar-refractivity contribution in [2.24, 2.45) is 0 Å². The number of hydrogen-bond donors (Lipinski definition) is 1. The fourth-order valence-electron chi connectivity index (χ4n) is 2.93. The molecule has 0 radical (unpaired) electrons. The molecule has 2 heterocycles. The minimum absolute atomic E-state index is 0.570. The Balaban J connectivity index is 1.79. The summed E-state index contributed by atoms with van der Waals surface area (Å²) in [5, 5.41) is 10.1. The molecule has 3 heteroatoms. The summed E-state index contributed by atoms with van der Waals surface area (Å²) in [5.74, 6) is 0.635. The molecular formula is C15H17N3. The molecule has 1 N–H and O–H groups in total. The van der Waals surface area contributed by atoms with Gasteiger partial charge in [0, 0.05) is 17.1 Å². The van der Waals surface area contributed by atoms with Crippen molar-refractivity contribution in [3.05, 3.63) is 36.0 Å². The molecule has 0 aliphatic carbocycles. The van der Waals surface area contributed by atoms with Gasteiger partial charge in [-0.05, 0) is 43.5 Å². The number of piperidine rings is 1. The van der Waals surface area contributed by atoms with E-state index in [1.807, 2.05) is 0 Å². The van der Waals surface area contributed by atoms with Crippen LogP contribution in [0.3, 0.4) is 0 Å². The lowest BCUT2D eigenvalue weighted by atomic mass is 9.89. The zero-order chi connectivity index (χ0) is 12.4. The number of likely N-dealkylation sites (tertiary alicyclic amines) is 1. The molecule has 0 saturated carbocycles. The molecule has 0 atom stereocenters. The molecule has 1 fully saturated rings. The molecule has 92 valence electrons. The number of aromatic amines is 1. The third kappa shape index (κ3) is 2.00. The average molecular weight is 239 g/mol. The van der Waals surface area contributed by atoms with E-state index in [-0.39, 0.29) is 0 Å². The van der Waals surface area contributed by atoms with E-state index in [1.54, 1.807) is 0 Å². The van der Waals surface area contributed by atoms with Gasteiger partial charge in [0.15, 0.2) is 0 Å². The van der Waals surface area contributed by atoms with Gasteiger partial charge >= 0.3 is 0 Å². The Hall–Kier alpha value is -1.79. The zero-order valence-electron chi connectivity index (χ0n) is 10.4. The maximum Gasteiger partial charge on any atom is 0.0865 e. The van der Waals surface area contributed by atoms with E-state index in [0.29, 0.717) is 12.5 Å². The van der Waals surface area contributed by atoms with Crippen LogP contribution in [0.4, 0.5) is 0 Å². The summed E-state index contributed by atoms with van der Waals surface area (Å²) in [7, 11) is 0. The van der Waals surface area contributed by atoms with Crippen molar-refractivity contribution < 1.29 is 0 Å². The van der Waals surface area contributed by atoms with Gasteiger partial charge < -0.3 is 4.98 Å². The Bertz CT molecular complexity index is 571.